The highest BCUT2D eigenvalue weighted by atomic mass is 79.9. The smallest absolute Gasteiger partial charge is 0.271 e. The number of amides is 1. The SMILES string of the molecule is COc1cc(Oc2cccc(C(=O)N/N=C/c3cc(Br)c(O)c(Br)c3)c2)ccc1F. The number of nitrogens with one attached hydrogen (secondary N) is 1. The van der Waals surface area contributed by atoms with E-state index in [-0.39, 0.29) is 11.5 Å². The second kappa shape index (κ2) is 9.73. The second-order valence-electron chi connectivity index (χ2n) is 5.96. The van der Waals surface area contributed by atoms with Crippen LogP contribution in [0.2, 0.25) is 0 Å². The van der Waals surface area contributed by atoms with Gasteiger partial charge in [-0.15, -0.1) is 0 Å². The number of rotatable bonds is 6. The number of methoxy groups -OCH3 is 1. The van der Waals surface area contributed by atoms with Crippen molar-refractivity contribution < 1.29 is 23.8 Å². The number of carbonyl (C=O) groups is 1. The second-order valence-corrected chi connectivity index (χ2v) is 7.67. The molecule has 0 heterocycles. The zero-order valence-corrected chi connectivity index (χ0v) is 18.7. The number of hydrogen-bond donors (Lipinski definition) is 2. The predicted molar refractivity (Wildman–Crippen MR) is 118 cm³/mol. The molecule has 0 bridgehead atoms. The molecule has 2 N–H and O–H groups in total. The largest absolute Gasteiger partial charge is 0.506 e. The number of halogens is 3. The summed E-state index contributed by atoms with van der Waals surface area (Å²) in [4.78, 5) is 12.4. The van der Waals surface area contributed by atoms with Crippen LogP contribution in [0, 0.1) is 5.82 Å². The lowest BCUT2D eigenvalue weighted by molar-refractivity contribution is 0.0955. The van der Waals surface area contributed by atoms with Crippen LogP contribution in [0.5, 0.6) is 23.0 Å². The summed E-state index contributed by atoms with van der Waals surface area (Å²) in [6, 6.07) is 13.9. The summed E-state index contributed by atoms with van der Waals surface area (Å²) in [6.45, 7) is 0. The van der Waals surface area contributed by atoms with Crippen LogP contribution in [-0.4, -0.2) is 24.3 Å². The van der Waals surface area contributed by atoms with Gasteiger partial charge in [0.2, 0.25) is 0 Å². The average molecular weight is 538 g/mol. The maximum absolute atomic E-state index is 13.5. The normalized spacial score (nSPS) is 10.8. The number of hydrogen-bond acceptors (Lipinski definition) is 5. The van der Waals surface area contributed by atoms with Gasteiger partial charge in [0.15, 0.2) is 11.6 Å². The number of ether oxygens (including phenoxy) is 2. The molecule has 0 radical (unpaired) electrons. The molecule has 0 aliphatic carbocycles. The van der Waals surface area contributed by atoms with Gasteiger partial charge in [0.05, 0.1) is 22.3 Å². The van der Waals surface area contributed by atoms with Crippen molar-refractivity contribution in [2.75, 3.05) is 7.11 Å². The van der Waals surface area contributed by atoms with Crippen LogP contribution in [0.1, 0.15) is 15.9 Å². The van der Waals surface area contributed by atoms with E-state index in [1.165, 1.54) is 37.6 Å². The minimum absolute atomic E-state index is 0.0586. The van der Waals surface area contributed by atoms with Crippen LogP contribution < -0.4 is 14.9 Å². The summed E-state index contributed by atoms with van der Waals surface area (Å²) in [7, 11) is 1.36. The summed E-state index contributed by atoms with van der Waals surface area (Å²) >= 11 is 6.46. The van der Waals surface area contributed by atoms with E-state index < -0.39 is 11.7 Å². The van der Waals surface area contributed by atoms with E-state index in [1.807, 2.05) is 0 Å². The Balaban J connectivity index is 1.69. The van der Waals surface area contributed by atoms with Crippen LogP contribution in [-0.2, 0) is 0 Å². The fraction of sp³-hybridized carbons (Fsp3) is 0.0476. The maximum atomic E-state index is 13.5. The third kappa shape index (κ3) is 5.37. The van der Waals surface area contributed by atoms with Crippen molar-refractivity contribution in [3.63, 3.8) is 0 Å². The highest BCUT2D eigenvalue weighted by molar-refractivity contribution is 9.11. The zero-order valence-electron chi connectivity index (χ0n) is 15.5. The molecule has 154 valence electrons. The minimum atomic E-state index is -0.497. The van der Waals surface area contributed by atoms with Gasteiger partial charge in [-0.25, -0.2) is 9.82 Å². The Morgan fingerprint density at radius 2 is 1.80 bits per heavy atom. The standard InChI is InChI=1S/C21H15Br2FN2O4/c1-29-19-10-15(5-6-18(19)24)30-14-4-2-3-13(9-14)21(28)26-25-11-12-7-16(22)20(27)17(23)8-12/h2-11,27H,1H3,(H,26,28)/b25-11+. The van der Waals surface area contributed by atoms with Crippen molar-refractivity contribution in [1.29, 1.82) is 0 Å². The quantitative estimate of drug-likeness (QED) is 0.316. The maximum Gasteiger partial charge on any atom is 0.271 e. The molecule has 0 aliphatic rings. The fourth-order valence-electron chi connectivity index (χ4n) is 2.43. The van der Waals surface area contributed by atoms with Crippen LogP contribution >= 0.6 is 31.9 Å². The first-order chi connectivity index (χ1) is 14.4. The molecule has 3 rings (SSSR count). The molecule has 0 unspecified atom stereocenters. The molecule has 0 aromatic heterocycles. The molecule has 30 heavy (non-hydrogen) atoms. The number of hydrazone groups is 1. The molecular formula is C21H15Br2FN2O4. The third-order valence-electron chi connectivity index (χ3n) is 3.87. The molecule has 0 saturated heterocycles. The monoisotopic (exact) mass is 536 g/mol. The predicted octanol–water partition coefficient (Wildman–Crippen LogP) is 5.62. The fourth-order valence-corrected chi connectivity index (χ4v) is 3.65. The molecule has 0 saturated carbocycles. The van der Waals surface area contributed by atoms with Gasteiger partial charge in [0.1, 0.15) is 17.2 Å². The number of carbonyl (C=O) groups excluding carboxylic acids is 1. The molecule has 0 spiro atoms. The van der Waals surface area contributed by atoms with E-state index >= 15 is 0 Å². The number of aromatic hydroxyl groups is 1. The summed E-state index contributed by atoms with van der Waals surface area (Å²) < 4.78 is 25.1. The summed E-state index contributed by atoms with van der Waals surface area (Å²) in [6.07, 6.45) is 1.44. The van der Waals surface area contributed by atoms with E-state index in [4.69, 9.17) is 9.47 Å². The average Bonchev–Trinajstić information content (AvgIpc) is 2.73. The van der Waals surface area contributed by atoms with Crippen molar-refractivity contribution in [3.05, 3.63) is 80.5 Å². The summed E-state index contributed by atoms with van der Waals surface area (Å²) in [5, 5.41) is 13.7. The number of phenols is 1. The van der Waals surface area contributed by atoms with E-state index in [2.05, 4.69) is 42.4 Å². The van der Waals surface area contributed by atoms with Crippen molar-refractivity contribution in [2.45, 2.75) is 0 Å². The Labute approximate surface area is 188 Å². The van der Waals surface area contributed by atoms with E-state index in [1.54, 1.807) is 30.3 Å². The first-order valence-electron chi connectivity index (χ1n) is 8.50. The molecule has 3 aromatic rings. The Hall–Kier alpha value is -2.91. The molecule has 1 amide bonds. The van der Waals surface area contributed by atoms with Gasteiger partial charge < -0.3 is 14.6 Å². The van der Waals surface area contributed by atoms with E-state index in [9.17, 15) is 14.3 Å². The van der Waals surface area contributed by atoms with Crippen LogP contribution in [0.4, 0.5) is 4.39 Å². The first kappa shape index (κ1) is 21.8. The number of nitrogens with zero attached hydrogens (tertiary/aromatic N) is 1. The molecular weight excluding hydrogens is 523 g/mol. The molecule has 0 fully saturated rings. The molecule has 6 nitrogen and oxygen atoms in total. The van der Waals surface area contributed by atoms with E-state index in [0.29, 0.717) is 31.6 Å². The van der Waals surface area contributed by atoms with Crippen molar-refractivity contribution in [2.24, 2.45) is 5.10 Å². The Morgan fingerprint density at radius 3 is 2.50 bits per heavy atom. The first-order valence-corrected chi connectivity index (χ1v) is 10.1. The van der Waals surface area contributed by atoms with Gasteiger partial charge in [-0.3, -0.25) is 4.79 Å². The lowest BCUT2D eigenvalue weighted by Crippen LogP contribution is -2.17. The van der Waals surface area contributed by atoms with E-state index in [0.717, 1.165) is 0 Å². The van der Waals surface area contributed by atoms with Crippen LogP contribution in [0.15, 0.2) is 68.6 Å². The highest BCUT2D eigenvalue weighted by Crippen LogP contribution is 2.33. The molecule has 0 aliphatic heterocycles. The highest BCUT2D eigenvalue weighted by Gasteiger charge is 2.09. The van der Waals surface area contributed by atoms with Gasteiger partial charge in [0, 0.05) is 11.6 Å². The minimum Gasteiger partial charge on any atom is -0.506 e. The summed E-state index contributed by atoms with van der Waals surface area (Å²) in [5.74, 6) is -0.0390. The van der Waals surface area contributed by atoms with Crippen molar-refractivity contribution in [1.82, 2.24) is 5.43 Å². The molecule has 3 aromatic carbocycles. The summed E-state index contributed by atoms with van der Waals surface area (Å²) in [5.41, 5.74) is 3.42. The van der Waals surface area contributed by atoms with Crippen LogP contribution in [0.3, 0.4) is 0 Å². The van der Waals surface area contributed by atoms with Crippen LogP contribution in [0.25, 0.3) is 0 Å². The third-order valence-corrected chi connectivity index (χ3v) is 5.08. The lowest BCUT2D eigenvalue weighted by atomic mass is 10.2. The topological polar surface area (TPSA) is 80.2 Å². The Kier molecular flexibility index (Phi) is 7.07. The van der Waals surface area contributed by atoms with Gasteiger partial charge in [-0.05, 0) is 79.9 Å². The van der Waals surface area contributed by atoms with Gasteiger partial charge in [-0.1, -0.05) is 6.07 Å². The number of phenolic OH excluding ortho intramolecular Hbond substituents is 1. The molecule has 9 heteroatoms. The lowest BCUT2D eigenvalue weighted by Gasteiger charge is -2.09. The van der Waals surface area contributed by atoms with Gasteiger partial charge in [0.25, 0.3) is 5.91 Å². The number of benzene rings is 3. The van der Waals surface area contributed by atoms with Gasteiger partial charge in [-0.2, -0.15) is 5.10 Å². The van der Waals surface area contributed by atoms with Gasteiger partial charge >= 0.3 is 0 Å². The van der Waals surface area contributed by atoms with Crippen molar-refractivity contribution >= 4 is 44.0 Å². The Morgan fingerprint density at radius 1 is 1.10 bits per heavy atom. The Bertz CT molecular complexity index is 1100. The molecule has 0 atom stereocenters. The van der Waals surface area contributed by atoms with Crippen molar-refractivity contribution in [3.8, 4) is 23.0 Å². The zero-order chi connectivity index (χ0) is 21.7.